The van der Waals surface area contributed by atoms with Crippen molar-refractivity contribution in [1.29, 1.82) is 0 Å². The van der Waals surface area contributed by atoms with Gasteiger partial charge in [0.1, 0.15) is 0 Å². The molecule has 23 heavy (non-hydrogen) atoms. The topological polar surface area (TPSA) is 59.6 Å². The van der Waals surface area contributed by atoms with E-state index in [0.717, 1.165) is 69.1 Å². The zero-order valence-electron chi connectivity index (χ0n) is 13.8. The monoisotopic (exact) mass is 320 g/mol. The average Bonchev–Trinajstić information content (AvgIpc) is 2.95. The van der Waals surface area contributed by atoms with Crippen LogP contribution in [-0.2, 0) is 9.47 Å². The minimum Gasteiger partial charge on any atom is -0.348 e. The summed E-state index contributed by atoms with van der Waals surface area (Å²) in [7, 11) is 0. The fraction of sp³-hybridized carbons (Fsp3) is 0.944. The first-order chi connectivity index (χ1) is 11.2. The third-order valence-electron chi connectivity index (χ3n) is 7.26. The maximum absolute atomic E-state index is 12.2. The molecule has 4 aliphatic carbocycles. The van der Waals surface area contributed by atoms with Crippen LogP contribution >= 0.6 is 0 Å². The van der Waals surface area contributed by atoms with Crippen LogP contribution in [0.5, 0.6) is 0 Å². The van der Waals surface area contributed by atoms with Crippen molar-refractivity contribution in [3.8, 4) is 0 Å². The van der Waals surface area contributed by atoms with E-state index in [0.29, 0.717) is 12.0 Å². The number of urea groups is 1. The number of nitrogens with one attached hydrogen (secondary N) is 2. The summed E-state index contributed by atoms with van der Waals surface area (Å²) < 4.78 is 11.5. The van der Waals surface area contributed by atoms with Crippen LogP contribution in [0.3, 0.4) is 0 Å². The van der Waals surface area contributed by atoms with E-state index < -0.39 is 0 Å². The summed E-state index contributed by atoms with van der Waals surface area (Å²) in [5.41, 5.74) is 0. The Labute approximate surface area is 137 Å². The second kappa shape index (κ2) is 5.35. The van der Waals surface area contributed by atoms with Crippen molar-refractivity contribution in [1.82, 2.24) is 10.6 Å². The van der Waals surface area contributed by atoms with Crippen LogP contribution in [-0.4, -0.2) is 37.6 Å². The molecule has 1 aliphatic heterocycles. The minimum absolute atomic E-state index is 0.0532. The van der Waals surface area contributed by atoms with E-state index >= 15 is 0 Å². The Kier molecular flexibility index (Phi) is 3.38. The Bertz CT molecular complexity index is 465. The first-order valence-corrected chi connectivity index (χ1v) is 9.56. The van der Waals surface area contributed by atoms with Crippen molar-refractivity contribution in [3.05, 3.63) is 0 Å². The van der Waals surface area contributed by atoms with Gasteiger partial charge in [0.25, 0.3) is 0 Å². The number of carbonyl (C=O) groups is 1. The Morgan fingerprint density at radius 3 is 2.30 bits per heavy atom. The predicted molar refractivity (Wildman–Crippen MR) is 84.7 cm³/mol. The van der Waals surface area contributed by atoms with Gasteiger partial charge in [-0.1, -0.05) is 0 Å². The molecule has 1 heterocycles. The molecule has 2 N–H and O–H groups in total. The molecule has 128 valence electrons. The van der Waals surface area contributed by atoms with Gasteiger partial charge < -0.3 is 20.1 Å². The first kappa shape index (κ1) is 14.5. The first-order valence-electron chi connectivity index (χ1n) is 9.56. The zero-order chi connectivity index (χ0) is 15.4. The third-order valence-corrected chi connectivity index (χ3v) is 7.26. The molecule has 0 aromatic rings. The van der Waals surface area contributed by atoms with E-state index in [1.54, 1.807) is 0 Å². The van der Waals surface area contributed by atoms with Crippen LogP contribution in [0.2, 0.25) is 0 Å². The van der Waals surface area contributed by atoms with Gasteiger partial charge in [-0.3, -0.25) is 0 Å². The molecule has 0 aromatic carbocycles. The van der Waals surface area contributed by atoms with Gasteiger partial charge in [-0.2, -0.15) is 0 Å². The van der Waals surface area contributed by atoms with E-state index in [1.165, 1.54) is 19.3 Å². The van der Waals surface area contributed by atoms with Crippen LogP contribution in [0.1, 0.15) is 44.9 Å². The number of amides is 2. The Morgan fingerprint density at radius 1 is 1.00 bits per heavy atom. The maximum Gasteiger partial charge on any atom is 0.315 e. The molecular formula is C18H28N2O3. The van der Waals surface area contributed by atoms with Crippen molar-refractivity contribution >= 4 is 6.03 Å². The van der Waals surface area contributed by atoms with E-state index in [2.05, 4.69) is 10.6 Å². The van der Waals surface area contributed by atoms with Crippen molar-refractivity contribution in [2.24, 2.45) is 29.6 Å². The van der Waals surface area contributed by atoms with Crippen molar-refractivity contribution < 1.29 is 14.3 Å². The third kappa shape index (κ3) is 2.47. The summed E-state index contributed by atoms with van der Waals surface area (Å²) in [4.78, 5) is 12.2. The second-order valence-corrected chi connectivity index (χ2v) is 8.42. The number of ether oxygens (including phenoxy) is 2. The Morgan fingerprint density at radius 2 is 1.65 bits per heavy atom. The predicted octanol–water partition coefficient (Wildman–Crippen LogP) is 2.26. The highest BCUT2D eigenvalue weighted by atomic mass is 16.7. The fourth-order valence-corrected chi connectivity index (χ4v) is 6.07. The van der Waals surface area contributed by atoms with Crippen molar-refractivity contribution in [3.63, 3.8) is 0 Å². The molecule has 0 aromatic heterocycles. The molecule has 2 bridgehead atoms. The van der Waals surface area contributed by atoms with E-state index in [1.807, 2.05) is 0 Å². The van der Waals surface area contributed by atoms with Crippen LogP contribution in [0.4, 0.5) is 4.79 Å². The highest BCUT2D eigenvalue weighted by Gasteiger charge is 2.65. The maximum atomic E-state index is 12.2. The van der Waals surface area contributed by atoms with Gasteiger partial charge in [0.05, 0.1) is 13.2 Å². The molecule has 5 nitrogen and oxygen atoms in total. The molecule has 0 unspecified atom stereocenters. The van der Waals surface area contributed by atoms with Gasteiger partial charge in [0.15, 0.2) is 5.79 Å². The largest absolute Gasteiger partial charge is 0.348 e. The van der Waals surface area contributed by atoms with Crippen molar-refractivity contribution in [2.75, 3.05) is 19.8 Å². The second-order valence-electron chi connectivity index (χ2n) is 8.42. The van der Waals surface area contributed by atoms with Gasteiger partial charge in [-0.15, -0.1) is 0 Å². The average molecular weight is 320 g/mol. The number of rotatable bonds is 3. The smallest absolute Gasteiger partial charge is 0.315 e. The van der Waals surface area contributed by atoms with Crippen LogP contribution in [0, 0.1) is 29.6 Å². The lowest BCUT2D eigenvalue weighted by atomic mass is 9.85. The molecule has 5 fully saturated rings. The molecule has 4 saturated carbocycles. The number of carbonyl (C=O) groups excluding carboxylic acids is 1. The van der Waals surface area contributed by atoms with Gasteiger partial charge in [0, 0.05) is 25.4 Å². The summed E-state index contributed by atoms with van der Waals surface area (Å²) in [6, 6.07) is 0.536. The lowest BCUT2D eigenvalue weighted by Crippen LogP contribution is -2.43. The van der Waals surface area contributed by atoms with Crippen molar-refractivity contribution in [2.45, 2.75) is 56.8 Å². The molecule has 2 amide bonds. The van der Waals surface area contributed by atoms with Gasteiger partial charge in [0.2, 0.25) is 0 Å². The highest BCUT2D eigenvalue weighted by Crippen LogP contribution is 2.65. The van der Waals surface area contributed by atoms with E-state index in [4.69, 9.17) is 9.47 Å². The van der Waals surface area contributed by atoms with Crippen LogP contribution in [0.25, 0.3) is 0 Å². The summed E-state index contributed by atoms with van der Waals surface area (Å²) in [5.74, 6) is 3.72. The summed E-state index contributed by atoms with van der Waals surface area (Å²) in [6.45, 7) is 2.25. The Balaban J connectivity index is 1.04. The fourth-order valence-electron chi connectivity index (χ4n) is 6.07. The molecular weight excluding hydrogens is 292 g/mol. The van der Waals surface area contributed by atoms with Gasteiger partial charge >= 0.3 is 6.03 Å². The molecule has 1 saturated heterocycles. The van der Waals surface area contributed by atoms with Gasteiger partial charge in [-0.05, 0) is 61.7 Å². The zero-order valence-corrected chi connectivity index (χ0v) is 13.8. The summed E-state index contributed by atoms with van der Waals surface area (Å²) in [6.07, 6.45) is 8.34. The minimum atomic E-state index is -0.288. The summed E-state index contributed by atoms with van der Waals surface area (Å²) in [5, 5.41) is 6.36. The summed E-state index contributed by atoms with van der Waals surface area (Å²) >= 11 is 0. The molecule has 5 heteroatoms. The van der Waals surface area contributed by atoms with Crippen LogP contribution < -0.4 is 10.6 Å². The van der Waals surface area contributed by atoms with Crippen LogP contribution in [0.15, 0.2) is 0 Å². The lowest BCUT2D eigenvalue weighted by Gasteiger charge is -2.35. The standard InChI is InChI=1S/C18H28N2O3/c21-17(20-16-14-12-1-2-13(9-12)15(14)16)19-10-11-3-5-18(6-4-11)22-7-8-23-18/h11-16H,1-10H2,(H2,19,20,21)/t12-,13-,14-,15-/m0/s1. The highest BCUT2D eigenvalue weighted by molar-refractivity contribution is 5.74. The van der Waals surface area contributed by atoms with E-state index in [-0.39, 0.29) is 11.8 Å². The lowest BCUT2D eigenvalue weighted by molar-refractivity contribution is -0.182. The SMILES string of the molecule is O=C(NCC1CCC2(CC1)OCCO2)NC1[C@H]2[C@H]3CC[C@@H](C3)[C@H]12. The normalized spacial score (nSPS) is 43.6. The molecule has 1 spiro atoms. The van der Waals surface area contributed by atoms with E-state index in [9.17, 15) is 4.79 Å². The number of hydrogen-bond acceptors (Lipinski definition) is 3. The quantitative estimate of drug-likeness (QED) is 0.838. The number of hydrogen-bond donors (Lipinski definition) is 2. The van der Waals surface area contributed by atoms with Gasteiger partial charge in [-0.25, -0.2) is 4.79 Å². The number of fused-ring (bicyclic) bond motifs is 5. The molecule has 5 aliphatic rings. The Hall–Kier alpha value is -0.810. The molecule has 0 radical (unpaired) electrons. The molecule has 5 rings (SSSR count). The molecule has 4 atom stereocenters.